The smallest absolute Gasteiger partial charge is 0.406 e. The highest BCUT2D eigenvalue weighted by molar-refractivity contribution is 9.10. The maximum atomic E-state index is 12.3. The Kier molecular flexibility index (Phi) is 4.90. The summed E-state index contributed by atoms with van der Waals surface area (Å²) < 4.78 is 67.8. The van der Waals surface area contributed by atoms with E-state index in [1.54, 1.807) is 18.2 Å². The number of aryl methyl sites for hydroxylation is 1. The van der Waals surface area contributed by atoms with Gasteiger partial charge in [-0.05, 0) is 52.7 Å². The number of rotatable bonds is 4. The van der Waals surface area contributed by atoms with Gasteiger partial charge in [0.05, 0.1) is 10.6 Å². The summed E-state index contributed by atoms with van der Waals surface area (Å²) in [6.07, 6.45) is -4.89. The van der Waals surface area contributed by atoms with Crippen molar-refractivity contribution in [2.45, 2.75) is 18.2 Å². The lowest BCUT2D eigenvalue weighted by Gasteiger charge is -2.12. The molecule has 2 rings (SSSR count). The van der Waals surface area contributed by atoms with Crippen LogP contribution >= 0.6 is 15.9 Å². The van der Waals surface area contributed by atoms with E-state index in [4.69, 9.17) is 0 Å². The molecule has 9 heteroatoms. The summed E-state index contributed by atoms with van der Waals surface area (Å²) in [5.74, 6) is -0.608. The average Bonchev–Trinajstić information content (AvgIpc) is 2.40. The summed E-state index contributed by atoms with van der Waals surface area (Å²) in [6.45, 7) is 1.83. The number of hydrogen-bond donors (Lipinski definition) is 1. The van der Waals surface area contributed by atoms with Crippen molar-refractivity contribution < 1.29 is 26.3 Å². The van der Waals surface area contributed by atoms with E-state index in [1.807, 2.05) is 6.92 Å². The zero-order chi connectivity index (χ0) is 17.3. The van der Waals surface area contributed by atoms with Crippen molar-refractivity contribution in [1.29, 1.82) is 0 Å². The predicted molar refractivity (Wildman–Crippen MR) is 82.8 cm³/mol. The van der Waals surface area contributed by atoms with Crippen LogP contribution in [0.4, 0.5) is 18.9 Å². The van der Waals surface area contributed by atoms with E-state index in [1.165, 1.54) is 12.1 Å². The highest BCUT2D eigenvalue weighted by atomic mass is 79.9. The zero-order valence-corrected chi connectivity index (χ0v) is 14.1. The van der Waals surface area contributed by atoms with Crippen LogP contribution < -0.4 is 9.46 Å². The Hall–Kier alpha value is -1.74. The summed E-state index contributed by atoms with van der Waals surface area (Å²) in [7, 11) is -4.05. The fourth-order valence-corrected chi connectivity index (χ4v) is 3.58. The van der Waals surface area contributed by atoms with Crippen molar-refractivity contribution in [1.82, 2.24) is 0 Å². The molecule has 0 amide bonds. The largest absolute Gasteiger partial charge is 0.573 e. The first kappa shape index (κ1) is 17.6. The minimum Gasteiger partial charge on any atom is -0.406 e. The average molecular weight is 410 g/mol. The second-order valence-corrected chi connectivity index (χ2v) is 7.15. The van der Waals surface area contributed by atoms with Crippen molar-refractivity contribution in [3.63, 3.8) is 0 Å². The van der Waals surface area contributed by atoms with E-state index in [2.05, 4.69) is 25.4 Å². The molecule has 0 heterocycles. The molecule has 0 radical (unpaired) electrons. The Morgan fingerprint density at radius 2 is 1.83 bits per heavy atom. The third-order valence-corrected chi connectivity index (χ3v) is 4.74. The first-order valence-corrected chi connectivity index (χ1v) is 8.49. The molecule has 0 bridgehead atoms. The third-order valence-electron chi connectivity index (χ3n) is 2.72. The fraction of sp³-hybridized carbons (Fsp3) is 0.143. The molecule has 0 saturated carbocycles. The topological polar surface area (TPSA) is 55.4 Å². The molecular formula is C14H11BrF3NO3S. The van der Waals surface area contributed by atoms with Crippen molar-refractivity contribution in [2.24, 2.45) is 0 Å². The van der Waals surface area contributed by atoms with E-state index >= 15 is 0 Å². The number of ether oxygens (including phenoxy) is 1. The lowest BCUT2D eigenvalue weighted by atomic mass is 10.2. The van der Waals surface area contributed by atoms with E-state index in [0.717, 1.165) is 17.7 Å². The molecule has 1 N–H and O–H groups in total. The van der Waals surface area contributed by atoms with Crippen LogP contribution in [0.2, 0.25) is 0 Å². The van der Waals surface area contributed by atoms with Gasteiger partial charge in [0, 0.05) is 10.5 Å². The Labute approximate surface area is 139 Å². The number of benzene rings is 2. The normalized spacial score (nSPS) is 12.0. The van der Waals surface area contributed by atoms with Crippen LogP contribution in [0.1, 0.15) is 5.56 Å². The van der Waals surface area contributed by atoms with E-state index < -0.39 is 22.1 Å². The van der Waals surface area contributed by atoms with Crippen LogP contribution in [0, 0.1) is 6.92 Å². The molecule has 0 aliphatic rings. The number of sulfonamides is 1. The second kappa shape index (κ2) is 6.40. The van der Waals surface area contributed by atoms with Gasteiger partial charge in [-0.15, -0.1) is 13.2 Å². The van der Waals surface area contributed by atoms with Crippen molar-refractivity contribution in [3.8, 4) is 5.75 Å². The maximum Gasteiger partial charge on any atom is 0.573 e. The van der Waals surface area contributed by atoms with Crippen LogP contribution in [0.25, 0.3) is 0 Å². The van der Waals surface area contributed by atoms with Gasteiger partial charge in [0.15, 0.2) is 0 Å². The number of hydrogen-bond acceptors (Lipinski definition) is 3. The molecule has 4 nitrogen and oxygen atoms in total. The third kappa shape index (κ3) is 4.87. The first-order valence-electron chi connectivity index (χ1n) is 6.22. The Morgan fingerprint density at radius 1 is 1.13 bits per heavy atom. The van der Waals surface area contributed by atoms with Gasteiger partial charge >= 0.3 is 6.36 Å². The van der Waals surface area contributed by atoms with Crippen LogP contribution in [0.5, 0.6) is 5.75 Å². The van der Waals surface area contributed by atoms with Gasteiger partial charge in [0.2, 0.25) is 0 Å². The van der Waals surface area contributed by atoms with E-state index in [0.29, 0.717) is 4.47 Å². The molecular weight excluding hydrogens is 399 g/mol. The number of anilines is 1. The van der Waals surface area contributed by atoms with Gasteiger partial charge < -0.3 is 4.74 Å². The lowest BCUT2D eigenvalue weighted by molar-refractivity contribution is -0.274. The summed E-state index contributed by atoms with van der Waals surface area (Å²) >= 11 is 3.23. The molecule has 0 aliphatic heterocycles. The molecule has 0 atom stereocenters. The van der Waals surface area contributed by atoms with Gasteiger partial charge in [-0.25, -0.2) is 8.42 Å². The molecule has 0 spiro atoms. The highest BCUT2D eigenvalue weighted by Crippen LogP contribution is 2.28. The van der Waals surface area contributed by atoms with Crippen molar-refractivity contribution >= 4 is 31.6 Å². The molecule has 0 unspecified atom stereocenters. The van der Waals surface area contributed by atoms with Crippen LogP contribution in [-0.2, 0) is 10.0 Å². The molecule has 124 valence electrons. The van der Waals surface area contributed by atoms with Gasteiger partial charge in [-0.2, -0.15) is 0 Å². The van der Waals surface area contributed by atoms with Gasteiger partial charge in [-0.3, -0.25) is 4.72 Å². The minimum atomic E-state index is -4.89. The van der Waals surface area contributed by atoms with Gasteiger partial charge in [-0.1, -0.05) is 12.1 Å². The molecule has 0 aromatic heterocycles. The molecule has 2 aromatic rings. The summed E-state index contributed by atoms with van der Waals surface area (Å²) in [5, 5.41) is 0. The summed E-state index contributed by atoms with van der Waals surface area (Å²) in [6, 6.07) is 9.12. The zero-order valence-electron chi connectivity index (χ0n) is 11.7. The Bertz CT molecular complexity index is 822. The van der Waals surface area contributed by atoms with Gasteiger partial charge in [0.25, 0.3) is 10.0 Å². The molecule has 0 fully saturated rings. The Balaban J connectivity index is 2.31. The molecule has 2 aromatic carbocycles. The predicted octanol–water partition coefficient (Wildman–Crippen LogP) is 4.46. The molecule has 0 saturated heterocycles. The summed E-state index contributed by atoms with van der Waals surface area (Å²) in [4.78, 5) is -0.341. The minimum absolute atomic E-state index is 0.276. The Morgan fingerprint density at radius 3 is 2.43 bits per heavy atom. The highest BCUT2D eigenvalue weighted by Gasteiger charge is 2.31. The standard InChI is InChI=1S/C14H11BrF3NO3S/c1-9-5-6-13(12(15)7-9)19-23(20,21)11-4-2-3-10(8-11)22-14(16,17)18/h2-8,19H,1H3. The van der Waals surface area contributed by atoms with E-state index in [9.17, 15) is 21.6 Å². The SMILES string of the molecule is Cc1ccc(NS(=O)(=O)c2cccc(OC(F)(F)F)c2)c(Br)c1. The first-order chi connectivity index (χ1) is 10.6. The van der Waals surface area contributed by atoms with Crippen molar-refractivity contribution in [2.75, 3.05) is 4.72 Å². The number of nitrogens with one attached hydrogen (secondary N) is 1. The van der Waals surface area contributed by atoms with Crippen LogP contribution in [-0.4, -0.2) is 14.8 Å². The van der Waals surface area contributed by atoms with Gasteiger partial charge in [0.1, 0.15) is 5.75 Å². The van der Waals surface area contributed by atoms with Crippen LogP contribution in [0.3, 0.4) is 0 Å². The van der Waals surface area contributed by atoms with E-state index in [-0.39, 0.29) is 10.6 Å². The monoisotopic (exact) mass is 409 g/mol. The maximum absolute atomic E-state index is 12.3. The molecule has 0 aliphatic carbocycles. The quantitative estimate of drug-likeness (QED) is 0.810. The second-order valence-electron chi connectivity index (χ2n) is 4.61. The number of alkyl halides is 3. The fourth-order valence-electron chi connectivity index (χ4n) is 1.75. The van der Waals surface area contributed by atoms with Crippen molar-refractivity contribution in [3.05, 3.63) is 52.5 Å². The lowest BCUT2D eigenvalue weighted by Crippen LogP contribution is -2.18. The molecule has 23 heavy (non-hydrogen) atoms. The number of halogens is 4. The summed E-state index contributed by atoms with van der Waals surface area (Å²) in [5.41, 5.74) is 1.19. The van der Waals surface area contributed by atoms with Crippen LogP contribution in [0.15, 0.2) is 51.8 Å².